The summed E-state index contributed by atoms with van der Waals surface area (Å²) in [6.07, 6.45) is 4.57. The molecule has 27 heavy (non-hydrogen) atoms. The SMILES string of the molecule is CC(C)c1cc(C(=O)N2CCN(CC3CC3)CC2)c2cnn(C(C)C)c2n1. The van der Waals surface area contributed by atoms with E-state index in [4.69, 9.17) is 4.98 Å². The van der Waals surface area contributed by atoms with Crippen LogP contribution in [0.2, 0.25) is 0 Å². The first-order valence-corrected chi connectivity index (χ1v) is 10.3. The Morgan fingerprint density at radius 1 is 1.15 bits per heavy atom. The first-order valence-electron chi connectivity index (χ1n) is 10.3. The van der Waals surface area contributed by atoms with Crippen molar-refractivity contribution in [1.82, 2.24) is 24.6 Å². The minimum Gasteiger partial charge on any atom is -0.336 e. The number of carbonyl (C=O) groups is 1. The number of fused-ring (bicyclic) bond motifs is 1. The van der Waals surface area contributed by atoms with Gasteiger partial charge in [0.05, 0.1) is 17.1 Å². The maximum Gasteiger partial charge on any atom is 0.254 e. The molecule has 2 aromatic rings. The first kappa shape index (κ1) is 18.4. The van der Waals surface area contributed by atoms with Gasteiger partial charge in [0.15, 0.2) is 5.65 Å². The second-order valence-electron chi connectivity index (χ2n) is 8.71. The molecule has 0 N–H and O–H groups in total. The normalized spacial score (nSPS) is 18.8. The Labute approximate surface area is 161 Å². The Balaban J connectivity index is 1.61. The quantitative estimate of drug-likeness (QED) is 0.811. The molecule has 0 spiro atoms. The van der Waals surface area contributed by atoms with E-state index in [2.05, 4.69) is 37.7 Å². The number of amides is 1. The monoisotopic (exact) mass is 369 g/mol. The van der Waals surface area contributed by atoms with Gasteiger partial charge in [-0.15, -0.1) is 0 Å². The summed E-state index contributed by atoms with van der Waals surface area (Å²) in [5.74, 6) is 1.30. The van der Waals surface area contributed by atoms with Crippen LogP contribution in [0.5, 0.6) is 0 Å². The van der Waals surface area contributed by atoms with Crippen molar-refractivity contribution in [1.29, 1.82) is 0 Å². The fraction of sp³-hybridized carbons (Fsp3) is 0.667. The molecule has 0 atom stereocenters. The van der Waals surface area contributed by atoms with Gasteiger partial charge in [-0.25, -0.2) is 9.67 Å². The van der Waals surface area contributed by atoms with Crippen LogP contribution < -0.4 is 0 Å². The topological polar surface area (TPSA) is 54.3 Å². The third-order valence-corrected chi connectivity index (χ3v) is 5.77. The predicted molar refractivity (Wildman–Crippen MR) is 107 cm³/mol. The molecule has 6 nitrogen and oxygen atoms in total. The Hall–Kier alpha value is -1.95. The van der Waals surface area contributed by atoms with Crippen LogP contribution in [0.25, 0.3) is 11.0 Å². The number of carbonyl (C=O) groups excluding carboxylic acids is 1. The van der Waals surface area contributed by atoms with Gasteiger partial charge in [-0.3, -0.25) is 9.69 Å². The van der Waals surface area contributed by atoms with E-state index in [0.29, 0.717) is 0 Å². The van der Waals surface area contributed by atoms with Gasteiger partial charge in [0, 0.05) is 44.5 Å². The average molecular weight is 370 g/mol. The van der Waals surface area contributed by atoms with E-state index in [0.717, 1.165) is 54.4 Å². The lowest BCUT2D eigenvalue weighted by Crippen LogP contribution is -2.49. The molecule has 1 aliphatic heterocycles. The third-order valence-electron chi connectivity index (χ3n) is 5.77. The second kappa shape index (κ2) is 7.23. The van der Waals surface area contributed by atoms with Gasteiger partial charge >= 0.3 is 0 Å². The van der Waals surface area contributed by atoms with Crippen molar-refractivity contribution < 1.29 is 4.79 Å². The number of pyridine rings is 1. The van der Waals surface area contributed by atoms with Crippen molar-refractivity contribution in [3.63, 3.8) is 0 Å². The molecule has 2 aliphatic rings. The molecular formula is C21H31N5O. The first-order chi connectivity index (χ1) is 12.9. The van der Waals surface area contributed by atoms with E-state index in [9.17, 15) is 4.79 Å². The number of hydrogen-bond acceptors (Lipinski definition) is 4. The zero-order valence-electron chi connectivity index (χ0n) is 17.0. The average Bonchev–Trinajstić information content (AvgIpc) is 3.35. The minimum atomic E-state index is 0.124. The van der Waals surface area contributed by atoms with E-state index in [1.165, 1.54) is 19.4 Å². The highest BCUT2D eigenvalue weighted by Crippen LogP contribution is 2.30. The molecule has 1 saturated heterocycles. The second-order valence-corrected chi connectivity index (χ2v) is 8.71. The van der Waals surface area contributed by atoms with Crippen LogP contribution in [0.1, 0.15) is 68.5 Å². The molecule has 146 valence electrons. The van der Waals surface area contributed by atoms with E-state index in [-0.39, 0.29) is 17.9 Å². The Bertz CT molecular complexity index is 828. The van der Waals surface area contributed by atoms with Gasteiger partial charge in [0.25, 0.3) is 5.91 Å². The fourth-order valence-corrected chi connectivity index (χ4v) is 3.86. The van der Waals surface area contributed by atoms with Crippen LogP contribution in [0.4, 0.5) is 0 Å². The molecule has 0 radical (unpaired) electrons. The third kappa shape index (κ3) is 3.72. The van der Waals surface area contributed by atoms with Gasteiger partial charge in [-0.2, -0.15) is 5.10 Å². The van der Waals surface area contributed by atoms with Crippen molar-refractivity contribution in [2.45, 2.75) is 52.5 Å². The van der Waals surface area contributed by atoms with Gasteiger partial charge in [0.2, 0.25) is 0 Å². The van der Waals surface area contributed by atoms with Crippen LogP contribution in [0.15, 0.2) is 12.3 Å². The van der Waals surface area contributed by atoms with Crippen molar-refractivity contribution in [2.75, 3.05) is 32.7 Å². The lowest BCUT2D eigenvalue weighted by atomic mass is 10.0. The summed E-state index contributed by atoms with van der Waals surface area (Å²) < 4.78 is 1.92. The van der Waals surface area contributed by atoms with Crippen molar-refractivity contribution in [2.24, 2.45) is 5.92 Å². The van der Waals surface area contributed by atoms with Gasteiger partial charge in [-0.1, -0.05) is 13.8 Å². The summed E-state index contributed by atoms with van der Waals surface area (Å²) in [7, 11) is 0. The Morgan fingerprint density at radius 3 is 2.44 bits per heavy atom. The van der Waals surface area contributed by atoms with Crippen molar-refractivity contribution in [3.8, 4) is 0 Å². The van der Waals surface area contributed by atoms with Crippen LogP contribution in [0, 0.1) is 5.92 Å². The van der Waals surface area contributed by atoms with E-state index in [1.54, 1.807) is 0 Å². The largest absolute Gasteiger partial charge is 0.336 e. The fourth-order valence-electron chi connectivity index (χ4n) is 3.86. The van der Waals surface area contributed by atoms with E-state index >= 15 is 0 Å². The summed E-state index contributed by atoms with van der Waals surface area (Å²) in [4.78, 5) is 22.7. The van der Waals surface area contributed by atoms with Crippen molar-refractivity contribution in [3.05, 3.63) is 23.5 Å². The summed E-state index contributed by atoms with van der Waals surface area (Å²) in [5, 5.41) is 5.38. The molecule has 0 bridgehead atoms. The highest BCUT2D eigenvalue weighted by atomic mass is 16.2. The molecule has 1 amide bonds. The number of rotatable bonds is 5. The van der Waals surface area contributed by atoms with Crippen LogP contribution in [0.3, 0.4) is 0 Å². The molecule has 2 fully saturated rings. The number of nitrogens with zero attached hydrogens (tertiary/aromatic N) is 5. The number of piperazine rings is 1. The molecule has 3 heterocycles. The highest BCUT2D eigenvalue weighted by Gasteiger charge is 2.29. The molecule has 1 saturated carbocycles. The van der Waals surface area contributed by atoms with Gasteiger partial charge < -0.3 is 4.90 Å². The molecule has 2 aromatic heterocycles. The van der Waals surface area contributed by atoms with E-state index in [1.807, 2.05) is 21.8 Å². The molecule has 6 heteroatoms. The summed E-state index contributed by atoms with van der Waals surface area (Å²) in [5.41, 5.74) is 2.54. The summed E-state index contributed by atoms with van der Waals surface area (Å²) >= 11 is 0. The number of aromatic nitrogens is 3. The van der Waals surface area contributed by atoms with E-state index < -0.39 is 0 Å². The summed E-state index contributed by atoms with van der Waals surface area (Å²) in [6.45, 7) is 13.2. The maximum atomic E-state index is 13.4. The lowest BCUT2D eigenvalue weighted by Gasteiger charge is -2.35. The maximum absolute atomic E-state index is 13.4. The lowest BCUT2D eigenvalue weighted by molar-refractivity contribution is 0.0633. The van der Waals surface area contributed by atoms with Crippen molar-refractivity contribution >= 4 is 16.9 Å². The zero-order valence-corrected chi connectivity index (χ0v) is 17.0. The molecule has 0 unspecified atom stereocenters. The Morgan fingerprint density at radius 2 is 1.85 bits per heavy atom. The molecule has 4 rings (SSSR count). The summed E-state index contributed by atoms with van der Waals surface area (Å²) in [6, 6.07) is 2.20. The minimum absolute atomic E-state index is 0.124. The predicted octanol–water partition coefficient (Wildman–Crippen LogP) is 3.30. The standard InChI is InChI=1S/C21H31N5O/c1-14(2)19-11-17(18-12-22-26(15(3)4)20(18)23-19)21(27)25-9-7-24(8-10-25)13-16-5-6-16/h11-12,14-16H,5-10,13H2,1-4H3. The van der Waals surface area contributed by atoms with Gasteiger partial charge in [0.1, 0.15) is 0 Å². The zero-order chi connectivity index (χ0) is 19.1. The number of hydrogen-bond donors (Lipinski definition) is 0. The van der Waals surface area contributed by atoms with Crippen LogP contribution in [-0.2, 0) is 0 Å². The molecule has 1 aliphatic carbocycles. The van der Waals surface area contributed by atoms with Crippen LogP contribution in [-0.4, -0.2) is 63.2 Å². The molecule has 0 aromatic carbocycles. The smallest absolute Gasteiger partial charge is 0.254 e. The van der Waals surface area contributed by atoms with Gasteiger partial charge in [-0.05, 0) is 44.6 Å². The highest BCUT2D eigenvalue weighted by molar-refractivity contribution is 6.05. The molecular weight excluding hydrogens is 338 g/mol. The Kier molecular flexibility index (Phi) is 4.93. The van der Waals surface area contributed by atoms with Crippen LogP contribution >= 0.6 is 0 Å².